The van der Waals surface area contributed by atoms with Crippen LogP contribution < -0.4 is 0 Å². The molecule has 0 heterocycles. The second-order valence-electron chi connectivity index (χ2n) is 5.02. The zero-order valence-corrected chi connectivity index (χ0v) is 14.6. The first-order chi connectivity index (χ1) is 11.6. The molecule has 0 aliphatic heterocycles. The molecule has 0 atom stereocenters. The molecule has 0 spiro atoms. The highest BCUT2D eigenvalue weighted by atomic mass is 35.5. The van der Waals surface area contributed by atoms with Gasteiger partial charge in [-0.2, -0.15) is 0 Å². The predicted octanol–water partition coefficient (Wildman–Crippen LogP) is 5.31. The standard InChI is InChI=1S/C18H17ClN2O2S/c1-20-18(15-7-9-16(19)10-8-15)17(11-12-21(22)23)24-13-14-5-3-2-4-6-14/h2-10H,1,11-13H2/b18-17-. The fraction of sp³-hybridized carbons (Fsp3) is 0.167. The minimum Gasteiger partial charge on any atom is -0.265 e. The average molecular weight is 361 g/mol. The number of halogens is 1. The molecule has 0 aliphatic carbocycles. The van der Waals surface area contributed by atoms with Crippen LogP contribution in [0, 0.1) is 10.1 Å². The molecule has 4 nitrogen and oxygen atoms in total. The monoisotopic (exact) mass is 360 g/mol. The number of hydrogen-bond acceptors (Lipinski definition) is 4. The van der Waals surface area contributed by atoms with Gasteiger partial charge < -0.3 is 0 Å². The van der Waals surface area contributed by atoms with Crippen LogP contribution in [0.5, 0.6) is 0 Å². The van der Waals surface area contributed by atoms with Crippen LogP contribution >= 0.6 is 23.4 Å². The van der Waals surface area contributed by atoms with Gasteiger partial charge in [0.2, 0.25) is 6.54 Å². The molecule has 0 fully saturated rings. The maximum absolute atomic E-state index is 10.8. The summed E-state index contributed by atoms with van der Waals surface area (Å²) in [6.45, 7) is 3.50. The van der Waals surface area contributed by atoms with Gasteiger partial charge in [0.25, 0.3) is 0 Å². The number of aliphatic imine (C=N–C) groups is 1. The van der Waals surface area contributed by atoms with E-state index in [2.05, 4.69) is 11.7 Å². The SMILES string of the molecule is C=N/C(=C(/CC[N+](=O)[O-])SCc1ccccc1)c1ccc(Cl)cc1. The molecule has 0 amide bonds. The Morgan fingerprint density at radius 3 is 2.42 bits per heavy atom. The number of hydrogen-bond donors (Lipinski definition) is 0. The van der Waals surface area contributed by atoms with E-state index in [-0.39, 0.29) is 11.5 Å². The molecule has 0 saturated heterocycles. The molecule has 0 bridgehead atoms. The van der Waals surface area contributed by atoms with Crippen molar-refractivity contribution in [1.29, 1.82) is 0 Å². The van der Waals surface area contributed by atoms with Crippen LogP contribution in [0.15, 0.2) is 64.5 Å². The fourth-order valence-electron chi connectivity index (χ4n) is 2.14. The Hall–Kier alpha value is -2.11. The Morgan fingerprint density at radius 2 is 1.83 bits per heavy atom. The van der Waals surface area contributed by atoms with Crippen LogP contribution in [0.25, 0.3) is 5.70 Å². The average Bonchev–Trinajstić information content (AvgIpc) is 2.59. The summed E-state index contributed by atoms with van der Waals surface area (Å²) >= 11 is 7.48. The summed E-state index contributed by atoms with van der Waals surface area (Å²) in [5.41, 5.74) is 2.68. The molecular weight excluding hydrogens is 344 g/mol. The fourth-order valence-corrected chi connectivity index (χ4v) is 3.36. The molecule has 0 N–H and O–H groups in total. The van der Waals surface area contributed by atoms with Gasteiger partial charge in [0, 0.05) is 32.6 Å². The third-order valence-corrected chi connectivity index (χ3v) is 4.79. The van der Waals surface area contributed by atoms with Crippen molar-refractivity contribution in [2.75, 3.05) is 6.54 Å². The molecule has 0 aliphatic rings. The highest BCUT2D eigenvalue weighted by Crippen LogP contribution is 2.33. The normalized spacial score (nSPS) is 11.7. The largest absolute Gasteiger partial charge is 0.265 e. The first-order valence-electron chi connectivity index (χ1n) is 7.34. The summed E-state index contributed by atoms with van der Waals surface area (Å²) < 4.78 is 0. The summed E-state index contributed by atoms with van der Waals surface area (Å²) in [6.07, 6.45) is 0.321. The third kappa shape index (κ3) is 5.51. The van der Waals surface area contributed by atoms with Gasteiger partial charge >= 0.3 is 0 Å². The molecule has 2 aromatic rings. The second kappa shape index (κ2) is 9.25. The van der Waals surface area contributed by atoms with E-state index in [9.17, 15) is 10.1 Å². The molecule has 0 unspecified atom stereocenters. The van der Waals surface area contributed by atoms with E-state index in [4.69, 9.17) is 11.6 Å². The van der Waals surface area contributed by atoms with Gasteiger partial charge in [0.15, 0.2) is 0 Å². The van der Waals surface area contributed by atoms with Gasteiger partial charge in [0.1, 0.15) is 0 Å². The zero-order chi connectivity index (χ0) is 17.4. The second-order valence-corrected chi connectivity index (χ2v) is 6.52. The Bertz CT molecular complexity index is 730. The predicted molar refractivity (Wildman–Crippen MR) is 102 cm³/mol. The van der Waals surface area contributed by atoms with Crippen molar-refractivity contribution in [1.82, 2.24) is 0 Å². The Kier molecular flexibility index (Phi) is 7.03. The van der Waals surface area contributed by atoms with Crippen LogP contribution in [0.3, 0.4) is 0 Å². The Morgan fingerprint density at radius 1 is 1.17 bits per heavy atom. The van der Waals surface area contributed by atoms with E-state index in [1.165, 1.54) is 0 Å². The van der Waals surface area contributed by atoms with Crippen LogP contribution in [-0.2, 0) is 5.75 Å². The molecular formula is C18H17ClN2O2S. The van der Waals surface area contributed by atoms with Gasteiger partial charge in [-0.05, 0) is 24.4 Å². The minimum atomic E-state index is -0.314. The molecule has 6 heteroatoms. The summed E-state index contributed by atoms with van der Waals surface area (Å²) in [5, 5.41) is 11.4. The van der Waals surface area contributed by atoms with Crippen LogP contribution in [-0.4, -0.2) is 18.2 Å². The lowest BCUT2D eigenvalue weighted by Crippen LogP contribution is -2.02. The summed E-state index contributed by atoms with van der Waals surface area (Å²) in [4.78, 5) is 15.4. The smallest absolute Gasteiger partial charge is 0.208 e. The van der Waals surface area contributed by atoms with Crippen molar-refractivity contribution in [3.63, 3.8) is 0 Å². The number of nitrogens with zero attached hydrogens (tertiary/aromatic N) is 2. The van der Waals surface area contributed by atoms with Gasteiger partial charge in [-0.25, -0.2) is 0 Å². The van der Waals surface area contributed by atoms with E-state index in [1.807, 2.05) is 42.5 Å². The maximum atomic E-state index is 10.8. The van der Waals surface area contributed by atoms with E-state index in [1.54, 1.807) is 23.9 Å². The van der Waals surface area contributed by atoms with Gasteiger partial charge in [-0.3, -0.25) is 15.1 Å². The van der Waals surface area contributed by atoms with E-state index >= 15 is 0 Å². The number of thioether (sulfide) groups is 1. The minimum absolute atomic E-state index is 0.135. The zero-order valence-electron chi connectivity index (χ0n) is 13.0. The Balaban J connectivity index is 2.28. The lowest BCUT2D eigenvalue weighted by atomic mass is 10.1. The van der Waals surface area contributed by atoms with Crippen LogP contribution in [0.4, 0.5) is 0 Å². The van der Waals surface area contributed by atoms with Gasteiger partial charge in [-0.15, -0.1) is 11.8 Å². The van der Waals surface area contributed by atoms with Crippen LogP contribution in [0.2, 0.25) is 5.02 Å². The van der Waals surface area contributed by atoms with Gasteiger partial charge in [-0.1, -0.05) is 54.1 Å². The highest BCUT2D eigenvalue weighted by molar-refractivity contribution is 8.02. The topological polar surface area (TPSA) is 55.5 Å². The molecule has 2 rings (SSSR count). The number of nitro groups is 1. The molecule has 0 aromatic heterocycles. The van der Waals surface area contributed by atoms with E-state index < -0.39 is 0 Å². The third-order valence-electron chi connectivity index (χ3n) is 3.32. The number of benzene rings is 2. The lowest BCUT2D eigenvalue weighted by Gasteiger charge is -2.11. The summed E-state index contributed by atoms with van der Waals surface area (Å²) in [5.74, 6) is 0.723. The highest BCUT2D eigenvalue weighted by Gasteiger charge is 2.12. The first kappa shape index (κ1) is 18.2. The van der Waals surface area contributed by atoms with Crippen molar-refractivity contribution in [3.8, 4) is 0 Å². The van der Waals surface area contributed by atoms with Crippen molar-refractivity contribution in [2.24, 2.45) is 4.99 Å². The lowest BCUT2D eigenvalue weighted by molar-refractivity contribution is -0.478. The number of rotatable bonds is 8. The first-order valence-corrected chi connectivity index (χ1v) is 8.71. The van der Waals surface area contributed by atoms with Gasteiger partial charge in [0.05, 0.1) is 5.70 Å². The van der Waals surface area contributed by atoms with Crippen molar-refractivity contribution in [2.45, 2.75) is 12.2 Å². The molecule has 0 radical (unpaired) electrons. The summed E-state index contributed by atoms with van der Waals surface area (Å²) in [6, 6.07) is 17.2. The molecule has 124 valence electrons. The van der Waals surface area contributed by atoms with E-state index in [0.717, 1.165) is 21.8 Å². The summed E-state index contributed by atoms with van der Waals surface area (Å²) in [7, 11) is 0. The van der Waals surface area contributed by atoms with Crippen molar-refractivity contribution in [3.05, 3.63) is 85.8 Å². The quantitative estimate of drug-likeness (QED) is 0.364. The molecule has 24 heavy (non-hydrogen) atoms. The van der Waals surface area contributed by atoms with E-state index in [0.29, 0.717) is 17.1 Å². The van der Waals surface area contributed by atoms with Crippen molar-refractivity contribution >= 4 is 35.8 Å². The molecule has 0 saturated carbocycles. The molecule has 2 aromatic carbocycles. The van der Waals surface area contributed by atoms with Crippen LogP contribution in [0.1, 0.15) is 17.5 Å². The Labute approximate surface area is 150 Å². The van der Waals surface area contributed by atoms with Crippen molar-refractivity contribution < 1.29 is 4.92 Å². The maximum Gasteiger partial charge on any atom is 0.208 e.